The molecule has 4 aromatic rings. The molecule has 42 heavy (non-hydrogen) atoms. The second-order valence-corrected chi connectivity index (χ2v) is 10.8. The summed E-state index contributed by atoms with van der Waals surface area (Å²) in [6, 6.07) is 20.5. The zero-order chi connectivity index (χ0) is 29.6. The Morgan fingerprint density at radius 1 is 0.976 bits per heavy atom. The Bertz CT molecular complexity index is 1590. The molecule has 0 bridgehead atoms. The number of ether oxygens (including phenoxy) is 1. The van der Waals surface area contributed by atoms with Crippen molar-refractivity contribution in [3.63, 3.8) is 0 Å². The third-order valence-corrected chi connectivity index (χ3v) is 7.96. The molecule has 0 aliphatic heterocycles. The molecule has 1 heterocycles. The number of carbonyl (C=O) groups excluding carboxylic acids is 1. The fourth-order valence-corrected chi connectivity index (χ4v) is 5.79. The number of aromatic nitrogens is 2. The van der Waals surface area contributed by atoms with Gasteiger partial charge in [0.1, 0.15) is 11.6 Å². The van der Waals surface area contributed by atoms with Crippen molar-refractivity contribution in [2.45, 2.75) is 58.4 Å². The highest BCUT2D eigenvalue weighted by Gasteiger charge is 2.35. The first kappa shape index (κ1) is 28.9. The maximum absolute atomic E-state index is 13.1. The molecule has 1 aromatic heterocycles. The zero-order valence-electron chi connectivity index (χ0n) is 23.6. The second kappa shape index (κ2) is 12.9. The fraction of sp³-hybridized carbons (Fsp3) is 0.333. The summed E-state index contributed by atoms with van der Waals surface area (Å²) >= 11 is 0. The number of aliphatic carboxylic acids is 1. The molecule has 1 amide bonds. The van der Waals surface area contributed by atoms with Crippen molar-refractivity contribution >= 4 is 34.8 Å². The highest BCUT2D eigenvalue weighted by molar-refractivity contribution is 5.96. The number of carbonyl (C=O) groups is 3. The number of hydrogen-bond donors (Lipinski definition) is 3. The molecule has 2 unspecified atom stereocenters. The van der Waals surface area contributed by atoms with Gasteiger partial charge in [-0.05, 0) is 54.7 Å². The van der Waals surface area contributed by atoms with Gasteiger partial charge < -0.3 is 24.8 Å². The Morgan fingerprint density at radius 3 is 2.43 bits per heavy atom. The first-order valence-corrected chi connectivity index (χ1v) is 14.5. The van der Waals surface area contributed by atoms with Crippen molar-refractivity contribution in [3.05, 3.63) is 78.1 Å². The molecule has 0 spiro atoms. The van der Waals surface area contributed by atoms with Crippen LogP contribution in [0.4, 0.5) is 10.5 Å². The number of carboxylic acids is 1. The number of rotatable bonds is 10. The van der Waals surface area contributed by atoms with Crippen LogP contribution in [0.15, 0.2) is 66.7 Å². The van der Waals surface area contributed by atoms with Crippen LogP contribution in [-0.2, 0) is 22.6 Å². The van der Waals surface area contributed by atoms with Gasteiger partial charge in [0.05, 0.1) is 22.9 Å². The molecule has 0 radical (unpaired) electrons. The van der Waals surface area contributed by atoms with E-state index in [9.17, 15) is 19.5 Å². The Hall–Kier alpha value is -4.66. The van der Waals surface area contributed by atoms with Crippen LogP contribution in [0, 0.1) is 11.8 Å². The first-order chi connectivity index (χ1) is 20.3. The summed E-state index contributed by atoms with van der Waals surface area (Å²) in [6.45, 7) is 2.70. The van der Waals surface area contributed by atoms with Crippen molar-refractivity contribution in [2.75, 3.05) is 5.32 Å². The standard InChI is InChI=1S/C33H35N3O6/c1-2-3-12-30-35-27-18-17-23(34-31(37)25-9-4-5-10-26(25)32(38)39)19-28(27)36(30)20-21-13-15-22(16-14-21)24-8-6-7-11-29(24)42-33(40)41/h6-8,11,13-19,25-26H,2-5,9-10,12,20H2,1H3,(H,34,37)(H,38,39)(H,40,41). The van der Waals surface area contributed by atoms with Gasteiger partial charge in [0, 0.05) is 24.2 Å². The van der Waals surface area contributed by atoms with E-state index in [0.29, 0.717) is 30.6 Å². The van der Waals surface area contributed by atoms with E-state index in [4.69, 9.17) is 14.8 Å². The van der Waals surface area contributed by atoms with Gasteiger partial charge in [-0.25, -0.2) is 9.78 Å². The Balaban J connectivity index is 1.42. The fourth-order valence-electron chi connectivity index (χ4n) is 5.79. The third-order valence-electron chi connectivity index (χ3n) is 7.96. The number of fused-ring (bicyclic) bond motifs is 1. The lowest BCUT2D eigenvalue weighted by molar-refractivity contribution is -0.147. The SMILES string of the molecule is CCCCc1nc2ccc(NC(=O)C3CCCCC3C(=O)O)cc2n1Cc1ccc(-c2ccccc2OC(=O)O)cc1. The minimum atomic E-state index is -1.36. The van der Waals surface area contributed by atoms with E-state index in [-0.39, 0.29) is 11.7 Å². The number of carboxylic acid groups (broad SMARTS) is 2. The number of aryl methyl sites for hydroxylation is 1. The summed E-state index contributed by atoms with van der Waals surface area (Å²) in [5.41, 5.74) is 4.90. The van der Waals surface area contributed by atoms with Gasteiger partial charge in [0.25, 0.3) is 0 Å². The van der Waals surface area contributed by atoms with Crippen LogP contribution < -0.4 is 10.1 Å². The van der Waals surface area contributed by atoms with Gasteiger partial charge in [0.2, 0.25) is 5.91 Å². The molecule has 218 valence electrons. The maximum Gasteiger partial charge on any atom is 0.511 e. The van der Waals surface area contributed by atoms with Crippen molar-refractivity contribution in [1.29, 1.82) is 0 Å². The number of amides is 1. The maximum atomic E-state index is 13.1. The largest absolute Gasteiger partial charge is 0.511 e. The molecular weight excluding hydrogens is 534 g/mol. The average molecular weight is 570 g/mol. The number of nitrogens with one attached hydrogen (secondary N) is 1. The molecule has 0 saturated heterocycles. The lowest BCUT2D eigenvalue weighted by Crippen LogP contribution is -2.36. The van der Waals surface area contributed by atoms with Crippen molar-refractivity contribution in [3.8, 4) is 16.9 Å². The first-order valence-electron chi connectivity index (χ1n) is 14.5. The Labute approximate surface area is 244 Å². The van der Waals surface area contributed by atoms with Gasteiger partial charge in [-0.2, -0.15) is 0 Å². The summed E-state index contributed by atoms with van der Waals surface area (Å²) in [5, 5.41) is 21.7. The number of hydrogen-bond acceptors (Lipinski definition) is 5. The minimum Gasteiger partial charge on any atom is -0.481 e. The van der Waals surface area contributed by atoms with E-state index in [2.05, 4.69) is 16.8 Å². The lowest BCUT2D eigenvalue weighted by atomic mass is 9.78. The third kappa shape index (κ3) is 6.46. The Kier molecular flexibility index (Phi) is 8.85. The van der Waals surface area contributed by atoms with Crippen LogP contribution in [0.5, 0.6) is 5.75 Å². The molecule has 9 heteroatoms. The van der Waals surface area contributed by atoms with Gasteiger partial charge in [-0.3, -0.25) is 9.59 Å². The number of unbranched alkanes of at least 4 members (excludes halogenated alkanes) is 1. The van der Waals surface area contributed by atoms with Crippen LogP contribution >= 0.6 is 0 Å². The van der Waals surface area contributed by atoms with Crippen molar-refractivity contribution in [1.82, 2.24) is 9.55 Å². The van der Waals surface area contributed by atoms with Gasteiger partial charge in [-0.15, -0.1) is 0 Å². The molecule has 3 aromatic carbocycles. The molecule has 5 rings (SSSR count). The highest BCUT2D eigenvalue weighted by atomic mass is 16.7. The van der Waals surface area contributed by atoms with Crippen LogP contribution in [-0.4, -0.2) is 37.8 Å². The molecule has 1 fully saturated rings. The van der Waals surface area contributed by atoms with Gasteiger partial charge in [0.15, 0.2) is 0 Å². The number of anilines is 1. The quantitative estimate of drug-likeness (QED) is 0.139. The number of imidazole rings is 1. The second-order valence-electron chi connectivity index (χ2n) is 10.8. The molecular formula is C33H35N3O6. The molecule has 1 saturated carbocycles. The summed E-state index contributed by atoms with van der Waals surface area (Å²) in [5.74, 6) is -1.12. The molecule has 2 atom stereocenters. The average Bonchev–Trinajstić information content (AvgIpc) is 3.32. The minimum absolute atomic E-state index is 0.249. The van der Waals surface area contributed by atoms with E-state index in [1.165, 1.54) is 0 Å². The van der Waals surface area contributed by atoms with Crippen LogP contribution in [0.1, 0.15) is 56.8 Å². The molecule has 1 aliphatic carbocycles. The van der Waals surface area contributed by atoms with Gasteiger partial charge in [-0.1, -0.05) is 68.7 Å². The molecule has 3 N–H and O–H groups in total. The smallest absolute Gasteiger partial charge is 0.481 e. The predicted octanol–water partition coefficient (Wildman–Crippen LogP) is 6.98. The summed E-state index contributed by atoms with van der Waals surface area (Å²) in [7, 11) is 0. The van der Waals surface area contributed by atoms with Gasteiger partial charge >= 0.3 is 12.1 Å². The van der Waals surface area contributed by atoms with Crippen LogP contribution in [0.2, 0.25) is 0 Å². The monoisotopic (exact) mass is 569 g/mol. The number of para-hydroxylation sites is 1. The van der Waals surface area contributed by atoms with Crippen molar-refractivity contribution < 1.29 is 29.3 Å². The normalized spacial score (nSPS) is 16.7. The van der Waals surface area contributed by atoms with Crippen LogP contribution in [0.25, 0.3) is 22.2 Å². The summed E-state index contributed by atoms with van der Waals surface area (Å²) < 4.78 is 7.12. The predicted molar refractivity (Wildman–Crippen MR) is 160 cm³/mol. The highest BCUT2D eigenvalue weighted by Crippen LogP contribution is 2.33. The van der Waals surface area contributed by atoms with E-state index in [0.717, 1.165) is 60.1 Å². The van der Waals surface area contributed by atoms with E-state index in [1.807, 2.05) is 54.6 Å². The topological polar surface area (TPSA) is 131 Å². The molecule has 1 aliphatic rings. The number of benzene rings is 3. The summed E-state index contributed by atoms with van der Waals surface area (Å²) in [4.78, 5) is 40.9. The van der Waals surface area contributed by atoms with E-state index in [1.54, 1.807) is 12.1 Å². The van der Waals surface area contributed by atoms with E-state index >= 15 is 0 Å². The van der Waals surface area contributed by atoms with E-state index < -0.39 is 24.0 Å². The number of nitrogens with zero attached hydrogens (tertiary/aromatic N) is 2. The summed E-state index contributed by atoms with van der Waals surface area (Å²) in [6.07, 6.45) is 4.26. The van der Waals surface area contributed by atoms with Crippen molar-refractivity contribution in [2.24, 2.45) is 11.8 Å². The van der Waals surface area contributed by atoms with Crippen LogP contribution in [0.3, 0.4) is 0 Å². The Morgan fingerprint density at radius 2 is 1.71 bits per heavy atom. The lowest BCUT2D eigenvalue weighted by Gasteiger charge is -2.27. The zero-order valence-corrected chi connectivity index (χ0v) is 23.6. The molecule has 9 nitrogen and oxygen atoms in total.